The van der Waals surface area contributed by atoms with Crippen LogP contribution in [0.5, 0.6) is 0 Å². The number of carbonyl (C=O) groups excluding carboxylic acids is 2. The molecule has 2 aromatic heterocycles. The predicted molar refractivity (Wildman–Crippen MR) is 145 cm³/mol. The Bertz CT molecular complexity index is 1720. The van der Waals surface area contributed by atoms with Crippen molar-refractivity contribution in [2.45, 2.75) is 6.54 Å². The van der Waals surface area contributed by atoms with Crippen LogP contribution in [-0.2, 0) is 11.3 Å². The highest BCUT2D eigenvalue weighted by molar-refractivity contribution is 6.35. The van der Waals surface area contributed by atoms with Gasteiger partial charge in [0.1, 0.15) is 5.56 Å². The van der Waals surface area contributed by atoms with E-state index in [1.165, 1.54) is 18.3 Å². The van der Waals surface area contributed by atoms with E-state index in [0.29, 0.717) is 11.3 Å². The maximum atomic E-state index is 13.5. The van der Waals surface area contributed by atoms with Gasteiger partial charge in [-0.2, -0.15) is 0 Å². The third kappa shape index (κ3) is 5.60. The van der Waals surface area contributed by atoms with Gasteiger partial charge in [-0.3, -0.25) is 19.4 Å². The van der Waals surface area contributed by atoms with Gasteiger partial charge in [-0.25, -0.2) is 13.2 Å². The van der Waals surface area contributed by atoms with Crippen molar-refractivity contribution < 1.29 is 22.8 Å². The van der Waals surface area contributed by atoms with Crippen molar-refractivity contribution in [2.75, 3.05) is 11.9 Å². The van der Waals surface area contributed by atoms with Crippen molar-refractivity contribution >= 4 is 35.2 Å². The molecule has 2 amide bonds. The van der Waals surface area contributed by atoms with Crippen LogP contribution in [0, 0.1) is 17.5 Å². The zero-order valence-electron chi connectivity index (χ0n) is 20.8. The average molecular weight is 543 g/mol. The second-order valence-electron chi connectivity index (χ2n) is 8.94. The van der Waals surface area contributed by atoms with Gasteiger partial charge in [0.25, 0.3) is 17.4 Å². The van der Waals surface area contributed by atoms with Crippen LogP contribution in [0.3, 0.4) is 0 Å². The molecule has 1 aliphatic heterocycles. The Labute approximate surface area is 226 Å². The lowest BCUT2D eigenvalue weighted by Crippen LogP contribution is -2.33. The summed E-state index contributed by atoms with van der Waals surface area (Å²) in [6.45, 7) is -0.140. The van der Waals surface area contributed by atoms with Gasteiger partial charge < -0.3 is 15.2 Å². The highest BCUT2D eigenvalue weighted by Crippen LogP contribution is 2.34. The SMILES string of the molecule is O=C1Nc2cc(/C=C/CNC(=O)c3cccn(Cc4cc(F)c(F)c(F)c4)c3=O)ccc2/C1=C\c1cccnc1. The van der Waals surface area contributed by atoms with Gasteiger partial charge in [-0.1, -0.05) is 30.4 Å². The molecule has 7 nitrogen and oxygen atoms in total. The Kier molecular flexibility index (Phi) is 7.41. The second-order valence-corrected chi connectivity index (χ2v) is 8.94. The standard InChI is InChI=1S/C30H21F3N4O3/c31-24-13-20(14-25(32)27(24)33)17-37-11-3-6-22(30(37)40)28(38)35-10-2-4-18-7-8-21-23(29(39)36-26(21)15-18)12-19-5-1-9-34-16-19/h1-9,11-16H,10,17H2,(H,35,38)(H,36,39)/b4-2+,23-12+. The summed E-state index contributed by atoms with van der Waals surface area (Å²) in [5, 5.41) is 5.47. The zero-order chi connectivity index (χ0) is 28.2. The highest BCUT2D eigenvalue weighted by Gasteiger charge is 2.24. The minimum absolute atomic E-state index is 0.0317. The summed E-state index contributed by atoms with van der Waals surface area (Å²) in [4.78, 5) is 41.9. The Morgan fingerprint density at radius 2 is 1.80 bits per heavy atom. The van der Waals surface area contributed by atoms with Gasteiger partial charge >= 0.3 is 0 Å². The molecule has 0 aliphatic carbocycles. The molecular formula is C30H21F3N4O3. The largest absolute Gasteiger partial charge is 0.348 e. The maximum absolute atomic E-state index is 13.5. The van der Waals surface area contributed by atoms with Crippen LogP contribution >= 0.6 is 0 Å². The van der Waals surface area contributed by atoms with E-state index in [4.69, 9.17) is 0 Å². The van der Waals surface area contributed by atoms with Gasteiger partial charge in [-0.15, -0.1) is 0 Å². The summed E-state index contributed by atoms with van der Waals surface area (Å²) in [6.07, 6.45) is 9.91. The van der Waals surface area contributed by atoms with Crippen molar-refractivity contribution in [3.05, 3.63) is 135 Å². The minimum Gasteiger partial charge on any atom is -0.348 e. The number of carbonyl (C=O) groups is 2. The monoisotopic (exact) mass is 542 g/mol. The third-order valence-corrected chi connectivity index (χ3v) is 6.17. The fourth-order valence-corrected chi connectivity index (χ4v) is 4.26. The molecule has 0 bridgehead atoms. The molecule has 5 rings (SSSR count). The Morgan fingerprint density at radius 1 is 1.00 bits per heavy atom. The van der Waals surface area contributed by atoms with E-state index in [9.17, 15) is 27.6 Å². The van der Waals surface area contributed by atoms with E-state index in [1.54, 1.807) is 36.7 Å². The first kappa shape index (κ1) is 26.4. The molecule has 0 saturated heterocycles. The molecule has 0 fully saturated rings. The number of halogens is 3. The molecule has 0 atom stereocenters. The van der Waals surface area contributed by atoms with Gasteiger partial charge in [0, 0.05) is 42.0 Å². The van der Waals surface area contributed by atoms with Crippen LogP contribution in [0.1, 0.15) is 32.6 Å². The van der Waals surface area contributed by atoms with Gasteiger partial charge in [-0.05, 0) is 59.2 Å². The molecule has 1 aliphatic rings. The van der Waals surface area contributed by atoms with Crippen molar-refractivity contribution in [3.8, 4) is 0 Å². The molecule has 2 N–H and O–H groups in total. The number of amides is 2. The molecule has 2 aromatic carbocycles. The van der Waals surface area contributed by atoms with Crippen molar-refractivity contribution in [2.24, 2.45) is 0 Å². The van der Waals surface area contributed by atoms with E-state index < -0.39 is 28.9 Å². The Balaban J connectivity index is 1.23. The fourth-order valence-electron chi connectivity index (χ4n) is 4.26. The number of nitrogens with zero attached hydrogens (tertiary/aromatic N) is 2. The lowest BCUT2D eigenvalue weighted by molar-refractivity contribution is -0.110. The van der Waals surface area contributed by atoms with Crippen LogP contribution < -0.4 is 16.2 Å². The Hall–Kier alpha value is -5.25. The molecule has 0 saturated carbocycles. The number of hydrogen-bond acceptors (Lipinski definition) is 4. The van der Waals surface area contributed by atoms with Gasteiger partial charge in [0.2, 0.25) is 0 Å². The Morgan fingerprint density at radius 3 is 2.55 bits per heavy atom. The number of benzene rings is 2. The first-order valence-corrected chi connectivity index (χ1v) is 12.2. The van der Waals surface area contributed by atoms with Crippen molar-refractivity contribution in [1.82, 2.24) is 14.9 Å². The molecule has 0 spiro atoms. The highest BCUT2D eigenvalue weighted by atomic mass is 19.2. The summed E-state index contributed by atoms with van der Waals surface area (Å²) >= 11 is 0. The van der Waals surface area contributed by atoms with Gasteiger partial charge in [0.05, 0.1) is 6.54 Å². The normalized spacial score (nSPS) is 13.5. The number of nitrogens with one attached hydrogen (secondary N) is 2. The molecule has 40 heavy (non-hydrogen) atoms. The molecule has 4 aromatic rings. The number of hydrogen-bond donors (Lipinski definition) is 2. The molecule has 0 unspecified atom stereocenters. The first-order chi connectivity index (χ1) is 19.3. The topological polar surface area (TPSA) is 93.1 Å². The predicted octanol–water partition coefficient (Wildman–Crippen LogP) is 4.64. The van der Waals surface area contributed by atoms with Crippen LogP contribution in [-0.4, -0.2) is 27.9 Å². The van der Waals surface area contributed by atoms with E-state index in [-0.39, 0.29) is 30.1 Å². The molecule has 10 heteroatoms. The lowest BCUT2D eigenvalue weighted by atomic mass is 10.0. The number of anilines is 1. The fraction of sp³-hybridized carbons (Fsp3) is 0.0667. The molecule has 200 valence electrons. The van der Waals surface area contributed by atoms with Crippen LogP contribution in [0.2, 0.25) is 0 Å². The smallest absolute Gasteiger partial charge is 0.263 e. The second kappa shape index (κ2) is 11.2. The third-order valence-electron chi connectivity index (χ3n) is 6.17. The maximum Gasteiger partial charge on any atom is 0.263 e. The van der Waals surface area contributed by atoms with E-state index in [1.807, 2.05) is 24.3 Å². The quantitative estimate of drug-likeness (QED) is 0.263. The summed E-state index contributed by atoms with van der Waals surface area (Å²) in [5.74, 6) is -5.17. The van der Waals surface area contributed by atoms with Crippen LogP contribution in [0.25, 0.3) is 17.7 Å². The summed E-state index contributed by atoms with van der Waals surface area (Å²) < 4.78 is 41.4. The molecule has 0 radical (unpaired) electrons. The van der Waals surface area contributed by atoms with Gasteiger partial charge in [0.15, 0.2) is 17.5 Å². The van der Waals surface area contributed by atoms with Crippen molar-refractivity contribution in [3.63, 3.8) is 0 Å². The van der Waals surface area contributed by atoms with Crippen LogP contribution in [0.4, 0.5) is 18.9 Å². The number of pyridine rings is 2. The van der Waals surface area contributed by atoms with Crippen molar-refractivity contribution in [1.29, 1.82) is 0 Å². The first-order valence-electron chi connectivity index (χ1n) is 12.2. The lowest BCUT2D eigenvalue weighted by Gasteiger charge is -2.09. The average Bonchev–Trinajstić information content (AvgIpc) is 3.25. The van der Waals surface area contributed by atoms with E-state index in [0.717, 1.165) is 33.4 Å². The zero-order valence-corrected chi connectivity index (χ0v) is 20.8. The number of aromatic nitrogens is 2. The molecular weight excluding hydrogens is 521 g/mol. The number of fused-ring (bicyclic) bond motifs is 1. The summed E-state index contributed by atoms with van der Waals surface area (Å²) in [6, 6.07) is 13.5. The van der Waals surface area contributed by atoms with E-state index in [2.05, 4.69) is 15.6 Å². The van der Waals surface area contributed by atoms with E-state index >= 15 is 0 Å². The summed E-state index contributed by atoms with van der Waals surface area (Å²) in [7, 11) is 0. The van der Waals surface area contributed by atoms with Crippen LogP contribution in [0.15, 0.2) is 84.1 Å². The summed E-state index contributed by atoms with van der Waals surface area (Å²) in [5.41, 5.74) is 2.77. The molecule has 3 heterocycles. The minimum atomic E-state index is -1.59. The number of rotatable bonds is 7.